The van der Waals surface area contributed by atoms with Crippen LogP contribution in [0.3, 0.4) is 0 Å². The van der Waals surface area contributed by atoms with Gasteiger partial charge in [0.1, 0.15) is 11.2 Å². The van der Waals surface area contributed by atoms with Crippen LogP contribution in [0.2, 0.25) is 0 Å². The second-order valence-corrected chi connectivity index (χ2v) is 6.85. The maximum absolute atomic E-state index is 12.4. The third-order valence-electron chi connectivity index (χ3n) is 5.31. The Morgan fingerprint density at radius 1 is 1.08 bits per heavy atom. The fraction of sp³-hybridized carbons (Fsp3) is 0.182. The summed E-state index contributed by atoms with van der Waals surface area (Å²) in [6.07, 6.45) is 2.60. The first-order valence-corrected chi connectivity index (χ1v) is 8.59. The summed E-state index contributed by atoms with van der Waals surface area (Å²) in [5.41, 5.74) is 8.31. The van der Waals surface area contributed by atoms with Gasteiger partial charge in [-0.2, -0.15) is 0 Å². The molecule has 2 aromatic carbocycles. The number of allylic oxidation sites excluding steroid dienone is 1. The van der Waals surface area contributed by atoms with Crippen molar-refractivity contribution in [3.8, 4) is 0 Å². The van der Waals surface area contributed by atoms with E-state index < -0.39 is 17.5 Å². The number of hydrogen-bond donors (Lipinski definition) is 1. The zero-order valence-electron chi connectivity index (χ0n) is 14.4. The van der Waals surface area contributed by atoms with Crippen LogP contribution in [-0.4, -0.2) is 17.5 Å². The van der Waals surface area contributed by atoms with Crippen LogP contribution in [0.15, 0.2) is 77.9 Å². The van der Waals surface area contributed by atoms with Crippen LogP contribution in [0.5, 0.6) is 0 Å². The summed E-state index contributed by atoms with van der Waals surface area (Å²) in [6, 6.07) is 19.9. The number of primary amides is 1. The number of esters is 1. The van der Waals surface area contributed by atoms with Crippen LogP contribution in [-0.2, 0) is 14.3 Å². The largest absolute Gasteiger partial charge is 0.450 e. The van der Waals surface area contributed by atoms with E-state index in [0.29, 0.717) is 12.0 Å². The molecule has 130 valence electrons. The molecule has 2 aromatic rings. The van der Waals surface area contributed by atoms with E-state index in [-0.39, 0.29) is 11.5 Å². The van der Waals surface area contributed by atoms with Crippen molar-refractivity contribution in [3.63, 3.8) is 0 Å². The normalized spacial score (nSPS) is 24.7. The molecular formula is C22H19NO3. The van der Waals surface area contributed by atoms with Crippen molar-refractivity contribution in [1.29, 1.82) is 0 Å². The van der Waals surface area contributed by atoms with Gasteiger partial charge in [-0.25, -0.2) is 4.79 Å². The number of ether oxygens (including phenoxy) is 1. The highest BCUT2D eigenvalue weighted by Crippen LogP contribution is 2.51. The molecule has 0 fully saturated rings. The molecule has 0 aromatic heterocycles. The maximum atomic E-state index is 12.4. The number of benzene rings is 2. The van der Waals surface area contributed by atoms with E-state index in [2.05, 4.69) is 0 Å². The standard InChI is InChI=1S/C22H19NO3/c1-22-17(15-10-6-3-7-11-15)12-16(14-8-4-2-5-9-14)13-18(22)19(20(23)24)21(25)26-22/h2-11,13,17H,12H2,1H3,(H2,23,24)/t17-,22-/m1/s1. The molecule has 0 radical (unpaired) electrons. The average Bonchev–Trinajstić information content (AvgIpc) is 2.92. The van der Waals surface area contributed by atoms with Gasteiger partial charge in [0.15, 0.2) is 0 Å². The number of amides is 1. The highest BCUT2D eigenvalue weighted by Gasteiger charge is 2.52. The lowest BCUT2D eigenvalue weighted by Gasteiger charge is -2.39. The quantitative estimate of drug-likeness (QED) is 0.685. The van der Waals surface area contributed by atoms with Crippen LogP contribution < -0.4 is 5.73 Å². The average molecular weight is 345 g/mol. The van der Waals surface area contributed by atoms with Crippen LogP contribution in [0.4, 0.5) is 0 Å². The van der Waals surface area contributed by atoms with E-state index in [1.807, 2.05) is 73.7 Å². The van der Waals surface area contributed by atoms with Crippen molar-refractivity contribution in [1.82, 2.24) is 0 Å². The lowest BCUT2D eigenvalue weighted by atomic mass is 9.69. The van der Waals surface area contributed by atoms with Gasteiger partial charge in [0.2, 0.25) is 0 Å². The number of hydrogen-bond acceptors (Lipinski definition) is 3. The van der Waals surface area contributed by atoms with Crippen molar-refractivity contribution >= 4 is 17.4 Å². The number of rotatable bonds is 3. The fourth-order valence-electron chi connectivity index (χ4n) is 3.99. The lowest BCUT2D eigenvalue weighted by Crippen LogP contribution is -2.38. The minimum atomic E-state index is -0.902. The highest BCUT2D eigenvalue weighted by molar-refractivity contribution is 6.19. The van der Waals surface area contributed by atoms with Gasteiger partial charge in [0.25, 0.3) is 5.91 Å². The highest BCUT2D eigenvalue weighted by atomic mass is 16.6. The van der Waals surface area contributed by atoms with Gasteiger partial charge in [0.05, 0.1) is 0 Å². The monoisotopic (exact) mass is 345 g/mol. The zero-order chi connectivity index (χ0) is 18.3. The van der Waals surface area contributed by atoms with Gasteiger partial charge in [0, 0.05) is 11.5 Å². The minimum Gasteiger partial charge on any atom is -0.450 e. The van der Waals surface area contributed by atoms with E-state index in [4.69, 9.17) is 10.5 Å². The van der Waals surface area contributed by atoms with Crippen LogP contribution in [0.25, 0.3) is 5.57 Å². The molecule has 1 amide bonds. The van der Waals surface area contributed by atoms with E-state index in [1.165, 1.54) is 0 Å². The van der Waals surface area contributed by atoms with Crippen molar-refractivity contribution in [2.75, 3.05) is 0 Å². The molecule has 0 saturated heterocycles. The summed E-state index contributed by atoms with van der Waals surface area (Å²) in [7, 11) is 0. The molecule has 0 spiro atoms. The van der Waals surface area contributed by atoms with Gasteiger partial charge in [-0.1, -0.05) is 66.7 Å². The third kappa shape index (κ3) is 2.46. The van der Waals surface area contributed by atoms with Gasteiger partial charge in [-0.3, -0.25) is 4.79 Å². The van der Waals surface area contributed by atoms with Crippen molar-refractivity contribution in [2.24, 2.45) is 5.73 Å². The summed E-state index contributed by atoms with van der Waals surface area (Å²) < 4.78 is 5.72. The summed E-state index contributed by atoms with van der Waals surface area (Å²) in [4.78, 5) is 24.3. The predicted molar refractivity (Wildman–Crippen MR) is 98.9 cm³/mol. The molecule has 0 saturated carbocycles. The molecule has 26 heavy (non-hydrogen) atoms. The van der Waals surface area contributed by atoms with Gasteiger partial charge in [-0.05, 0) is 30.0 Å². The summed E-state index contributed by atoms with van der Waals surface area (Å²) in [6.45, 7) is 1.87. The fourth-order valence-corrected chi connectivity index (χ4v) is 3.99. The molecule has 2 aliphatic rings. The number of nitrogens with two attached hydrogens (primary N) is 1. The Balaban J connectivity index is 1.94. The molecule has 4 nitrogen and oxygen atoms in total. The first-order valence-electron chi connectivity index (χ1n) is 8.59. The molecule has 0 unspecified atom stereocenters. The van der Waals surface area contributed by atoms with Crippen molar-refractivity contribution in [2.45, 2.75) is 24.9 Å². The lowest BCUT2D eigenvalue weighted by molar-refractivity contribution is -0.147. The van der Waals surface area contributed by atoms with Crippen LogP contribution in [0, 0.1) is 0 Å². The Labute approximate surface area is 152 Å². The molecular weight excluding hydrogens is 326 g/mol. The smallest absolute Gasteiger partial charge is 0.345 e. The van der Waals surface area contributed by atoms with Gasteiger partial charge >= 0.3 is 5.97 Å². The van der Waals surface area contributed by atoms with E-state index in [9.17, 15) is 9.59 Å². The molecule has 1 heterocycles. The molecule has 1 aliphatic carbocycles. The first-order chi connectivity index (χ1) is 12.5. The Morgan fingerprint density at radius 3 is 2.31 bits per heavy atom. The topological polar surface area (TPSA) is 69.4 Å². The number of fused-ring (bicyclic) bond motifs is 1. The first kappa shape index (κ1) is 16.3. The Bertz CT molecular complexity index is 944. The van der Waals surface area contributed by atoms with Crippen molar-refractivity contribution < 1.29 is 14.3 Å². The Hall–Kier alpha value is -3.14. The maximum Gasteiger partial charge on any atom is 0.345 e. The molecule has 2 atom stereocenters. The third-order valence-corrected chi connectivity index (χ3v) is 5.31. The molecule has 4 rings (SSSR count). The van der Waals surface area contributed by atoms with Crippen LogP contribution in [0.1, 0.15) is 30.4 Å². The summed E-state index contributed by atoms with van der Waals surface area (Å²) in [5, 5.41) is 0. The second-order valence-electron chi connectivity index (χ2n) is 6.85. The van der Waals surface area contributed by atoms with E-state index in [1.54, 1.807) is 0 Å². The molecule has 2 N–H and O–H groups in total. The molecule has 0 bridgehead atoms. The Morgan fingerprint density at radius 2 is 1.69 bits per heavy atom. The summed E-state index contributed by atoms with van der Waals surface area (Å²) in [5.74, 6) is -1.48. The molecule has 4 heteroatoms. The SMILES string of the molecule is C[C@]12OC(=O)C(C(N)=O)=C1C=C(c1ccccc1)C[C@@H]2c1ccccc1. The van der Waals surface area contributed by atoms with Crippen LogP contribution >= 0.6 is 0 Å². The van der Waals surface area contributed by atoms with E-state index in [0.717, 1.165) is 16.7 Å². The van der Waals surface area contributed by atoms with Crippen molar-refractivity contribution in [3.05, 3.63) is 89.0 Å². The van der Waals surface area contributed by atoms with Gasteiger partial charge in [-0.15, -0.1) is 0 Å². The Kier molecular flexibility index (Phi) is 3.76. The zero-order valence-corrected chi connectivity index (χ0v) is 14.4. The van der Waals surface area contributed by atoms with Gasteiger partial charge < -0.3 is 10.5 Å². The summed E-state index contributed by atoms with van der Waals surface area (Å²) >= 11 is 0. The number of carbonyl (C=O) groups is 2. The minimum absolute atomic E-state index is 0.0402. The second kappa shape index (κ2) is 5.99. The number of carbonyl (C=O) groups excluding carboxylic acids is 2. The molecule has 1 aliphatic heterocycles. The van der Waals surface area contributed by atoms with E-state index >= 15 is 0 Å². The predicted octanol–water partition coefficient (Wildman–Crippen LogP) is 3.35.